The van der Waals surface area contributed by atoms with Gasteiger partial charge in [-0.15, -0.1) is 11.3 Å². The lowest BCUT2D eigenvalue weighted by atomic mass is 9.97. The molecule has 26 heavy (non-hydrogen) atoms. The first-order valence-corrected chi connectivity index (χ1v) is 10.2. The van der Waals surface area contributed by atoms with Gasteiger partial charge in [-0.1, -0.05) is 49.9 Å². The molecule has 4 aromatic rings. The molecule has 0 amide bonds. The molecule has 1 fully saturated rings. The zero-order valence-corrected chi connectivity index (χ0v) is 15.4. The van der Waals surface area contributed by atoms with Gasteiger partial charge in [-0.05, 0) is 42.2 Å². The van der Waals surface area contributed by atoms with Crippen LogP contribution >= 0.6 is 11.3 Å². The number of hydrogen-bond acceptors (Lipinski definition) is 2. The monoisotopic (exact) mass is 361 g/mol. The topological polar surface area (TPSA) is 12.9 Å². The molecule has 0 aliphatic heterocycles. The summed E-state index contributed by atoms with van der Waals surface area (Å²) in [7, 11) is 0. The number of aromatic nitrogens is 1. The molecule has 1 nitrogen and oxygen atoms in total. The third kappa shape index (κ3) is 2.80. The maximum atomic E-state index is 14.3. The molecule has 0 radical (unpaired) electrons. The fraction of sp³-hybridized carbons (Fsp3) is 0.261. The van der Waals surface area contributed by atoms with Gasteiger partial charge in [0.05, 0.1) is 11.9 Å². The first-order chi connectivity index (χ1) is 12.8. The first-order valence-electron chi connectivity index (χ1n) is 9.34. The minimum absolute atomic E-state index is 0.164. The molecule has 1 aliphatic rings. The molecule has 2 aromatic carbocycles. The highest BCUT2D eigenvalue weighted by atomic mass is 32.1. The van der Waals surface area contributed by atoms with Crippen molar-refractivity contribution >= 4 is 31.5 Å². The summed E-state index contributed by atoms with van der Waals surface area (Å²) in [4.78, 5) is 4.38. The van der Waals surface area contributed by atoms with E-state index in [1.54, 1.807) is 0 Å². The quantitative estimate of drug-likeness (QED) is 0.383. The van der Waals surface area contributed by atoms with Crippen LogP contribution in [0.25, 0.3) is 31.4 Å². The van der Waals surface area contributed by atoms with E-state index in [1.165, 1.54) is 52.1 Å². The van der Waals surface area contributed by atoms with Crippen molar-refractivity contribution in [3.05, 3.63) is 66.1 Å². The average Bonchev–Trinajstić information content (AvgIpc) is 3.30. The lowest BCUT2D eigenvalue weighted by Crippen LogP contribution is -2.02. The highest BCUT2D eigenvalue weighted by Gasteiger charge is 2.18. The lowest BCUT2D eigenvalue weighted by molar-refractivity contribution is 0.519. The van der Waals surface area contributed by atoms with Crippen LogP contribution in [0.4, 0.5) is 4.39 Å². The van der Waals surface area contributed by atoms with Gasteiger partial charge in [0.25, 0.3) is 0 Å². The second-order valence-corrected chi connectivity index (χ2v) is 8.41. The summed E-state index contributed by atoms with van der Waals surface area (Å²) in [6.07, 6.45) is 7.26. The lowest BCUT2D eigenvalue weighted by Gasteiger charge is -2.11. The second-order valence-electron chi connectivity index (χ2n) is 7.32. The maximum Gasteiger partial charge on any atom is 0.144 e. The van der Waals surface area contributed by atoms with Crippen LogP contribution in [-0.2, 0) is 6.42 Å². The summed E-state index contributed by atoms with van der Waals surface area (Å²) in [5, 5.41) is 2.54. The molecule has 0 spiro atoms. The summed E-state index contributed by atoms with van der Waals surface area (Å²) in [6.45, 7) is 0. The van der Waals surface area contributed by atoms with Crippen molar-refractivity contribution in [3.63, 3.8) is 0 Å². The van der Waals surface area contributed by atoms with Crippen molar-refractivity contribution in [1.29, 1.82) is 0 Å². The summed E-state index contributed by atoms with van der Waals surface area (Å²) < 4.78 is 16.9. The van der Waals surface area contributed by atoms with Gasteiger partial charge in [-0.25, -0.2) is 4.39 Å². The van der Waals surface area contributed by atoms with Crippen molar-refractivity contribution in [1.82, 2.24) is 4.98 Å². The number of benzene rings is 2. The molecular formula is C23H20FNS. The Labute approximate surface area is 156 Å². The van der Waals surface area contributed by atoms with Gasteiger partial charge in [0.2, 0.25) is 0 Å². The molecule has 0 bridgehead atoms. The van der Waals surface area contributed by atoms with Crippen LogP contribution in [0.1, 0.15) is 31.2 Å². The van der Waals surface area contributed by atoms with Gasteiger partial charge >= 0.3 is 0 Å². The summed E-state index contributed by atoms with van der Waals surface area (Å²) in [5.41, 5.74) is 2.75. The van der Waals surface area contributed by atoms with Crippen LogP contribution in [0.15, 0.2) is 54.7 Å². The molecule has 0 N–H and O–H groups in total. The van der Waals surface area contributed by atoms with E-state index in [0.29, 0.717) is 5.92 Å². The Kier molecular flexibility index (Phi) is 3.97. The van der Waals surface area contributed by atoms with Gasteiger partial charge in [0.1, 0.15) is 5.82 Å². The van der Waals surface area contributed by atoms with E-state index in [2.05, 4.69) is 47.4 Å². The molecular weight excluding hydrogens is 341 g/mol. The molecule has 130 valence electrons. The van der Waals surface area contributed by atoms with Gasteiger partial charge in [-0.2, -0.15) is 0 Å². The molecule has 5 rings (SSSR count). The first kappa shape index (κ1) is 16.0. The zero-order chi connectivity index (χ0) is 17.5. The van der Waals surface area contributed by atoms with Crippen molar-refractivity contribution in [2.45, 2.75) is 32.1 Å². The Hall–Kier alpha value is -2.26. The third-order valence-corrected chi connectivity index (χ3v) is 6.74. The Morgan fingerprint density at radius 3 is 2.65 bits per heavy atom. The van der Waals surface area contributed by atoms with E-state index < -0.39 is 0 Å². The highest BCUT2D eigenvalue weighted by Crippen LogP contribution is 2.36. The van der Waals surface area contributed by atoms with E-state index in [9.17, 15) is 4.39 Å². The van der Waals surface area contributed by atoms with Crippen LogP contribution in [0, 0.1) is 11.7 Å². The van der Waals surface area contributed by atoms with E-state index in [1.807, 2.05) is 17.4 Å². The number of pyridine rings is 1. The van der Waals surface area contributed by atoms with Crippen LogP contribution in [0.5, 0.6) is 0 Å². The van der Waals surface area contributed by atoms with Crippen LogP contribution in [0.3, 0.4) is 0 Å². The summed E-state index contributed by atoms with van der Waals surface area (Å²) in [6, 6.07) is 16.9. The number of thiophene rings is 1. The number of hydrogen-bond donors (Lipinski definition) is 0. The van der Waals surface area contributed by atoms with Crippen molar-refractivity contribution in [2.75, 3.05) is 0 Å². The Balaban J connectivity index is 1.57. The minimum atomic E-state index is -0.164. The van der Waals surface area contributed by atoms with Crippen molar-refractivity contribution in [3.8, 4) is 11.3 Å². The second kappa shape index (κ2) is 6.48. The molecule has 0 unspecified atom stereocenters. The smallest absolute Gasteiger partial charge is 0.144 e. The highest BCUT2D eigenvalue weighted by molar-refractivity contribution is 7.25. The van der Waals surface area contributed by atoms with Crippen LogP contribution in [0.2, 0.25) is 0 Å². The van der Waals surface area contributed by atoms with E-state index in [4.69, 9.17) is 0 Å². The van der Waals surface area contributed by atoms with Crippen LogP contribution < -0.4 is 0 Å². The van der Waals surface area contributed by atoms with Crippen molar-refractivity contribution in [2.24, 2.45) is 5.92 Å². The molecule has 0 atom stereocenters. The molecule has 0 saturated heterocycles. The fourth-order valence-corrected chi connectivity index (χ4v) is 5.29. The Morgan fingerprint density at radius 2 is 1.77 bits per heavy atom. The Morgan fingerprint density at radius 1 is 0.962 bits per heavy atom. The summed E-state index contributed by atoms with van der Waals surface area (Å²) in [5.74, 6) is 0.464. The van der Waals surface area contributed by atoms with Crippen LogP contribution in [-0.4, -0.2) is 4.98 Å². The van der Waals surface area contributed by atoms with E-state index >= 15 is 0 Å². The SMILES string of the molecule is Fc1cnc(-c2ccc3sc4ccccc4c3c2)cc1CC1CCCC1. The van der Waals surface area contributed by atoms with Gasteiger partial charge in [-0.3, -0.25) is 4.98 Å². The predicted molar refractivity (Wildman–Crippen MR) is 108 cm³/mol. The molecule has 2 heterocycles. The molecule has 3 heteroatoms. The largest absolute Gasteiger partial charge is 0.253 e. The third-order valence-electron chi connectivity index (χ3n) is 5.59. The zero-order valence-electron chi connectivity index (χ0n) is 14.5. The van der Waals surface area contributed by atoms with Gasteiger partial charge in [0.15, 0.2) is 0 Å². The van der Waals surface area contributed by atoms with Gasteiger partial charge < -0.3 is 0 Å². The fourth-order valence-electron chi connectivity index (χ4n) is 4.21. The number of nitrogens with zero attached hydrogens (tertiary/aromatic N) is 1. The Bertz CT molecular complexity index is 1090. The van der Waals surface area contributed by atoms with E-state index in [-0.39, 0.29) is 5.82 Å². The predicted octanol–water partition coefficient (Wildman–Crippen LogP) is 6.99. The number of fused-ring (bicyclic) bond motifs is 3. The molecule has 1 aliphatic carbocycles. The minimum Gasteiger partial charge on any atom is -0.253 e. The van der Waals surface area contributed by atoms with Gasteiger partial charge in [0, 0.05) is 25.7 Å². The summed E-state index contributed by atoms with van der Waals surface area (Å²) >= 11 is 1.81. The molecule has 1 saturated carbocycles. The number of halogens is 1. The molecule has 2 aromatic heterocycles. The average molecular weight is 361 g/mol. The van der Waals surface area contributed by atoms with Crippen molar-refractivity contribution < 1.29 is 4.39 Å². The maximum absolute atomic E-state index is 14.3. The standard InChI is InChI=1S/C23H20FNS/c24-20-14-25-21(13-17(20)11-15-5-1-2-6-15)16-9-10-23-19(12-16)18-7-3-4-8-22(18)26-23/h3-4,7-10,12-15H,1-2,5-6,11H2. The van der Waals surface area contributed by atoms with E-state index in [0.717, 1.165) is 23.2 Å². The normalized spacial score (nSPS) is 15.3. The number of rotatable bonds is 3.